The zero-order chi connectivity index (χ0) is 13.1. The maximum atomic E-state index is 5.65. The van der Waals surface area contributed by atoms with Crippen LogP contribution in [0.3, 0.4) is 0 Å². The van der Waals surface area contributed by atoms with Gasteiger partial charge in [0.25, 0.3) is 0 Å². The average molecular weight is 247 g/mol. The van der Waals surface area contributed by atoms with Crippen LogP contribution in [0.25, 0.3) is 0 Å². The SMILES string of the molecule is Cc1cc(C)c(C(C)NCC2CCCO2)cc1C. The minimum absolute atomic E-state index is 0.397. The Hall–Kier alpha value is -0.860. The number of aryl methyl sites for hydroxylation is 3. The monoisotopic (exact) mass is 247 g/mol. The number of benzene rings is 1. The first kappa shape index (κ1) is 13.6. The lowest BCUT2D eigenvalue weighted by atomic mass is 9.96. The third kappa shape index (κ3) is 3.12. The zero-order valence-corrected chi connectivity index (χ0v) is 12.0. The first-order valence-corrected chi connectivity index (χ1v) is 7.00. The first-order chi connectivity index (χ1) is 8.58. The molecule has 2 rings (SSSR count). The van der Waals surface area contributed by atoms with E-state index in [1.165, 1.54) is 35.1 Å². The number of hydrogen-bond acceptors (Lipinski definition) is 2. The van der Waals surface area contributed by atoms with Gasteiger partial charge in [-0.05, 0) is 62.8 Å². The molecule has 2 atom stereocenters. The molecule has 2 heteroatoms. The Balaban J connectivity index is 1.99. The molecule has 1 fully saturated rings. The lowest BCUT2D eigenvalue weighted by molar-refractivity contribution is 0.108. The van der Waals surface area contributed by atoms with Gasteiger partial charge in [-0.2, -0.15) is 0 Å². The fraction of sp³-hybridized carbons (Fsp3) is 0.625. The molecule has 1 saturated heterocycles. The second-order valence-corrected chi connectivity index (χ2v) is 5.56. The number of hydrogen-bond donors (Lipinski definition) is 1. The van der Waals surface area contributed by atoms with Gasteiger partial charge < -0.3 is 10.1 Å². The van der Waals surface area contributed by atoms with E-state index in [0.717, 1.165) is 13.2 Å². The predicted molar refractivity (Wildman–Crippen MR) is 76.0 cm³/mol. The standard InChI is InChI=1S/C16H25NO/c1-11-8-13(3)16(9-12(11)2)14(4)17-10-15-6-5-7-18-15/h8-9,14-15,17H,5-7,10H2,1-4H3. The summed E-state index contributed by atoms with van der Waals surface area (Å²) < 4.78 is 5.65. The van der Waals surface area contributed by atoms with Crippen molar-refractivity contribution in [2.24, 2.45) is 0 Å². The highest BCUT2D eigenvalue weighted by Gasteiger charge is 2.17. The summed E-state index contributed by atoms with van der Waals surface area (Å²) in [6, 6.07) is 5.00. The lowest BCUT2D eigenvalue weighted by Crippen LogP contribution is -2.29. The van der Waals surface area contributed by atoms with Crippen LogP contribution in [0, 0.1) is 20.8 Å². The molecule has 0 bridgehead atoms. The number of nitrogens with one attached hydrogen (secondary N) is 1. The van der Waals surface area contributed by atoms with E-state index in [1.807, 2.05) is 0 Å². The Bertz CT molecular complexity index is 408. The molecular weight excluding hydrogens is 222 g/mol. The van der Waals surface area contributed by atoms with Gasteiger partial charge in [0, 0.05) is 19.2 Å². The molecule has 18 heavy (non-hydrogen) atoms. The molecule has 1 heterocycles. The first-order valence-electron chi connectivity index (χ1n) is 7.00. The average Bonchev–Trinajstić information content (AvgIpc) is 2.84. The summed E-state index contributed by atoms with van der Waals surface area (Å²) >= 11 is 0. The maximum absolute atomic E-state index is 5.65. The fourth-order valence-electron chi connectivity index (χ4n) is 2.67. The Morgan fingerprint density at radius 2 is 1.94 bits per heavy atom. The van der Waals surface area contributed by atoms with Gasteiger partial charge in [0.05, 0.1) is 6.10 Å². The summed E-state index contributed by atoms with van der Waals surface area (Å²) in [6.07, 6.45) is 2.83. The van der Waals surface area contributed by atoms with Crippen LogP contribution in [0.15, 0.2) is 12.1 Å². The van der Waals surface area contributed by atoms with E-state index in [4.69, 9.17) is 4.74 Å². The van der Waals surface area contributed by atoms with Crippen molar-refractivity contribution in [3.05, 3.63) is 34.4 Å². The Labute approximate surface area is 111 Å². The minimum Gasteiger partial charge on any atom is -0.377 e. The predicted octanol–water partition coefficient (Wildman–Crippen LogP) is 3.44. The van der Waals surface area contributed by atoms with Gasteiger partial charge in [0.15, 0.2) is 0 Å². The summed E-state index contributed by atoms with van der Waals surface area (Å²) in [5.41, 5.74) is 5.55. The summed E-state index contributed by atoms with van der Waals surface area (Å²) in [6.45, 7) is 10.7. The summed E-state index contributed by atoms with van der Waals surface area (Å²) in [7, 11) is 0. The van der Waals surface area contributed by atoms with E-state index in [0.29, 0.717) is 12.1 Å². The van der Waals surface area contributed by atoms with Crippen LogP contribution < -0.4 is 5.32 Å². The third-order valence-corrected chi connectivity index (χ3v) is 4.02. The molecule has 1 aliphatic rings. The molecule has 0 aromatic heterocycles. The molecule has 1 aromatic rings. The zero-order valence-electron chi connectivity index (χ0n) is 12.0. The van der Waals surface area contributed by atoms with Gasteiger partial charge in [-0.1, -0.05) is 12.1 Å². The van der Waals surface area contributed by atoms with Crippen molar-refractivity contribution >= 4 is 0 Å². The number of ether oxygens (including phenoxy) is 1. The quantitative estimate of drug-likeness (QED) is 0.880. The molecule has 100 valence electrons. The van der Waals surface area contributed by atoms with Gasteiger partial charge >= 0.3 is 0 Å². The molecule has 1 aromatic carbocycles. The van der Waals surface area contributed by atoms with Crippen LogP contribution in [0.1, 0.15) is 48.1 Å². The van der Waals surface area contributed by atoms with E-state index in [9.17, 15) is 0 Å². The van der Waals surface area contributed by atoms with Crippen LogP contribution in [-0.2, 0) is 4.74 Å². The Morgan fingerprint density at radius 3 is 2.61 bits per heavy atom. The van der Waals surface area contributed by atoms with Gasteiger partial charge in [0.1, 0.15) is 0 Å². The topological polar surface area (TPSA) is 21.3 Å². The van der Waals surface area contributed by atoms with Gasteiger partial charge in [-0.3, -0.25) is 0 Å². The van der Waals surface area contributed by atoms with Crippen LogP contribution in [0.5, 0.6) is 0 Å². The van der Waals surface area contributed by atoms with Crippen molar-refractivity contribution in [3.8, 4) is 0 Å². The molecule has 0 aliphatic carbocycles. The lowest BCUT2D eigenvalue weighted by Gasteiger charge is -2.20. The molecule has 2 nitrogen and oxygen atoms in total. The van der Waals surface area contributed by atoms with Gasteiger partial charge in [-0.25, -0.2) is 0 Å². The molecule has 0 spiro atoms. The van der Waals surface area contributed by atoms with E-state index in [-0.39, 0.29) is 0 Å². The van der Waals surface area contributed by atoms with Crippen molar-refractivity contribution in [1.82, 2.24) is 5.32 Å². The minimum atomic E-state index is 0.397. The molecule has 1 N–H and O–H groups in total. The van der Waals surface area contributed by atoms with Crippen molar-refractivity contribution in [3.63, 3.8) is 0 Å². The largest absolute Gasteiger partial charge is 0.377 e. The molecule has 0 radical (unpaired) electrons. The third-order valence-electron chi connectivity index (χ3n) is 4.02. The highest BCUT2D eigenvalue weighted by atomic mass is 16.5. The smallest absolute Gasteiger partial charge is 0.0700 e. The van der Waals surface area contributed by atoms with Crippen LogP contribution in [0.2, 0.25) is 0 Å². The van der Waals surface area contributed by atoms with E-state index >= 15 is 0 Å². The summed E-state index contributed by atoms with van der Waals surface area (Å²) in [5.74, 6) is 0. The highest BCUT2D eigenvalue weighted by Crippen LogP contribution is 2.22. The summed E-state index contributed by atoms with van der Waals surface area (Å²) in [4.78, 5) is 0. The van der Waals surface area contributed by atoms with E-state index < -0.39 is 0 Å². The molecule has 2 unspecified atom stereocenters. The van der Waals surface area contributed by atoms with Crippen LogP contribution >= 0.6 is 0 Å². The van der Waals surface area contributed by atoms with Crippen molar-refractivity contribution in [1.29, 1.82) is 0 Å². The second-order valence-electron chi connectivity index (χ2n) is 5.56. The van der Waals surface area contributed by atoms with Crippen molar-refractivity contribution in [2.45, 2.75) is 52.7 Å². The highest BCUT2D eigenvalue weighted by molar-refractivity contribution is 5.38. The van der Waals surface area contributed by atoms with Gasteiger partial charge in [0.2, 0.25) is 0 Å². The molecule has 0 saturated carbocycles. The summed E-state index contributed by atoms with van der Waals surface area (Å²) in [5, 5.41) is 3.60. The Kier molecular flexibility index (Phi) is 4.41. The molecular formula is C16H25NO. The Morgan fingerprint density at radius 1 is 1.22 bits per heavy atom. The number of rotatable bonds is 4. The van der Waals surface area contributed by atoms with Crippen LogP contribution in [0.4, 0.5) is 0 Å². The molecule has 1 aliphatic heterocycles. The second kappa shape index (κ2) is 5.85. The van der Waals surface area contributed by atoms with Crippen molar-refractivity contribution < 1.29 is 4.74 Å². The fourth-order valence-corrected chi connectivity index (χ4v) is 2.67. The normalized spacial score (nSPS) is 21.2. The van der Waals surface area contributed by atoms with E-state index in [2.05, 4.69) is 45.1 Å². The van der Waals surface area contributed by atoms with Crippen LogP contribution in [-0.4, -0.2) is 19.3 Å². The molecule has 0 amide bonds. The van der Waals surface area contributed by atoms with E-state index in [1.54, 1.807) is 0 Å². The van der Waals surface area contributed by atoms with Crippen molar-refractivity contribution in [2.75, 3.05) is 13.2 Å². The maximum Gasteiger partial charge on any atom is 0.0700 e. The van der Waals surface area contributed by atoms with Gasteiger partial charge in [-0.15, -0.1) is 0 Å².